The van der Waals surface area contributed by atoms with Crippen molar-refractivity contribution in [2.45, 2.75) is 24.6 Å². The third-order valence-corrected chi connectivity index (χ3v) is 2.09. The number of aliphatic hydroxyl groups excluding tert-OH is 2. The lowest BCUT2D eigenvalue weighted by Crippen LogP contribution is -2.33. The standard InChI is InChI=1S/C6H12O4S/c1-9-6-5(8)4(7)3(2-11)10-6/h3-8,11H,2H2,1H3/t3-,4-,5-,6?/m1/s1. The van der Waals surface area contributed by atoms with Gasteiger partial charge in [0, 0.05) is 12.9 Å². The summed E-state index contributed by atoms with van der Waals surface area (Å²) >= 11 is 3.94. The first-order chi connectivity index (χ1) is 5.20. The van der Waals surface area contributed by atoms with Gasteiger partial charge in [-0.05, 0) is 0 Å². The molecule has 1 fully saturated rings. The van der Waals surface area contributed by atoms with E-state index in [0.717, 1.165) is 0 Å². The fraction of sp³-hybridized carbons (Fsp3) is 1.00. The van der Waals surface area contributed by atoms with E-state index in [1.165, 1.54) is 7.11 Å². The van der Waals surface area contributed by atoms with Crippen LogP contribution < -0.4 is 0 Å². The first-order valence-corrected chi connectivity index (χ1v) is 3.99. The van der Waals surface area contributed by atoms with Gasteiger partial charge in [0.2, 0.25) is 0 Å². The van der Waals surface area contributed by atoms with E-state index in [1.54, 1.807) is 0 Å². The number of methoxy groups -OCH3 is 1. The van der Waals surface area contributed by atoms with Crippen molar-refractivity contribution < 1.29 is 19.7 Å². The average Bonchev–Trinajstić information content (AvgIpc) is 2.30. The molecule has 66 valence electrons. The third-order valence-electron chi connectivity index (χ3n) is 1.73. The Morgan fingerprint density at radius 3 is 2.36 bits per heavy atom. The molecule has 0 bridgehead atoms. The van der Waals surface area contributed by atoms with Gasteiger partial charge in [-0.3, -0.25) is 0 Å². The lowest BCUT2D eigenvalue weighted by molar-refractivity contribution is -0.145. The van der Waals surface area contributed by atoms with Crippen molar-refractivity contribution in [3.8, 4) is 0 Å². The van der Waals surface area contributed by atoms with Gasteiger partial charge in [0.15, 0.2) is 6.29 Å². The molecular formula is C6H12O4S. The van der Waals surface area contributed by atoms with Crippen molar-refractivity contribution in [1.82, 2.24) is 0 Å². The summed E-state index contributed by atoms with van der Waals surface area (Å²) in [5.74, 6) is 0.373. The number of aliphatic hydroxyl groups is 2. The highest BCUT2D eigenvalue weighted by Gasteiger charge is 2.41. The number of rotatable bonds is 2. The lowest BCUT2D eigenvalue weighted by Gasteiger charge is -2.11. The molecule has 0 aliphatic carbocycles. The highest BCUT2D eigenvalue weighted by molar-refractivity contribution is 7.80. The fourth-order valence-electron chi connectivity index (χ4n) is 1.06. The maximum Gasteiger partial charge on any atom is 0.186 e. The van der Waals surface area contributed by atoms with Crippen LogP contribution in [0.1, 0.15) is 0 Å². The molecule has 5 heteroatoms. The van der Waals surface area contributed by atoms with Crippen LogP contribution in [-0.2, 0) is 9.47 Å². The van der Waals surface area contributed by atoms with Crippen molar-refractivity contribution >= 4 is 12.6 Å². The zero-order valence-electron chi connectivity index (χ0n) is 6.17. The maximum atomic E-state index is 9.26. The van der Waals surface area contributed by atoms with Crippen molar-refractivity contribution in [3.05, 3.63) is 0 Å². The van der Waals surface area contributed by atoms with Crippen LogP contribution in [0.25, 0.3) is 0 Å². The zero-order chi connectivity index (χ0) is 8.43. The van der Waals surface area contributed by atoms with Gasteiger partial charge >= 0.3 is 0 Å². The van der Waals surface area contributed by atoms with Gasteiger partial charge in [-0.1, -0.05) is 0 Å². The Balaban J connectivity index is 2.53. The Labute approximate surface area is 70.5 Å². The molecule has 1 aliphatic rings. The molecule has 0 radical (unpaired) electrons. The fourth-order valence-corrected chi connectivity index (χ4v) is 1.36. The second-order valence-electron chi connectivity index (χ2n) is 2.44. The van der Waals surface area contributed by atoms with Gasteiger partial charge in [0.05, 0.1) is 6.10 Å². The average molecular weight is 180 g/mol. The van der Waals surface area contributed by atoms with Crippen molar-refractivity contribution in [3.63, 3.8) is 0 Å². The van der Waals surface area contributed by atoms with Gasteiger partial charge in [0.25, 0.3) is 0 Å². The van der Waals surface area contributed by atoms with Crippen molar-refractivity contribution in [2.75, 3.05) is 12.9 Å². The molecule has 0 amide bonds. The molecule has 1 aliphatic heterocycles. The first-order valence-electron chi connectivity index (χ1n) is 3.36. The van der Waals surface area contributed by atoms with E-state index < -0.39 is 24.6 Å². The molecule has 11 heavy (non-hydrogen) atoms. The van der Waals surface area contributed by atoms with E-state index in [4.69, 9.17) is 9.47 Å². The number of thiol groups is 1. The smallest absolute Gasteiger partial charge is 0.186 e. The van der Waals surface area contributed by atoms with Crippen LogP contribution in [0, 0.1) is 0 Å². The Kier molecular flexibility index (Phi) is 3.15. The van der Waals surface area contributed by atoms with E-state index >= 15 is 0 Å². The molecular weight excluding hydrogens is 168 g/mol. The molecule has 1 unspecified atom stereocenters. The summed E-state index contributed by atoms with van der Waals surface area (Å²) in [6, 6.07) is 0. The zero-order valence-corrected chi connectivity index (χ0v) is 7.07. The Bertz CT molecular complexity index is 114. The number of ether oxygens (including phenoxy) is 2. The topological polar surface area (TPSA) is 58.9 Å². The van der Waals surface area contributed by atoms with Crippen molar-refractivity contribution in [2.24, 2.45) is 0 Å². The van der Waals surface area contributed by atoms with Crippen LogP contribution >= 0.6 is 12.6 Å². The minimum atomic E-state index is -0.961. The molecule has 0 aromatic rings. The molecule has 0 spiro atoms. The van der Waals surface area contributed by atoms with Crippen LogP contribution in [0.3, 0.4) is 0 Å². The predicted octanol–water partition coefficient (Wildman–Crippen LogP) is -0.991. The van der Waals surface area contributed by atoms with Gasteiger partial charge in [-0.15, -0.1) is 0 Å². The van der Waals surface area contributed by atoms with Gasteiger partial charge < -0.3 is 19.7 Å². The van der Waals surface area contributed by atoms with Gasteiger partial charge in [0.1, 0.15) is 12.2 Å². The van der Waals surface area contributed by atoms with Gasteiger partial charge in [-0.25, -0.2) is 0 Å². The molecule has 4 nitrogen and oxygen atoms in total. The molecule has 1 rings (SSSR count). The molecule has 2 N–H and O–H groups in total. The summed E-state index contributed by atoms with van der Waals surface area (Å²) in [6.07, 6.45) is -3.00. The summed E-state index contributed by atoms with van der Waals surface area (Å²) < 4.78 is 9.85. The highest BCUT2D eigenvalue weighted by Crippen LogP contribution is 2.22. The quantitative estimate of drug-likeness (QED) is 0.478. The molecule has 1 heterocycles. The Hall–Kier alpha value is 0.190. The summed E-state index contributed by atoms with van der Waals surface area (Å²) in [5.41, 5.74) is 0. The van der Waals surface area contributed by atoms with Crippen molar-refractivity contribution in [1.29, 1.82) is 0 Å². The molecule has 0 saturated carbocycles. The van der Waals surface area contributed by atoms with E-state index in [1.807, 2.05) is 0 Å². The minimum Gasteiger partial charge on any atom is -0.387 e. The van der Waals surface area contributed by atoms with E-state index in [9.17, 15) is 10.2 Å². The van der Waals surface area contributed by atoms with Gasteiger partial charge in [-0.2, -0.15) is 12.6 Å². The Morgan fingerprint density at radius 1 is 1.45 bits per heavy atom. The van der Waals surface area contributed by atoms with E-state index in [-0.39, 0.29) is 0 Å². The SMILES string of the molecule is COC1O[C@H](CS)[C@@H](O)[C@H]1O. The van der Waals surface area contributed by atoms with E-state index in [0.29, 0.717) is 5.75 Å². The van der Waals surface area contributed by atoms with Crippen LogP contribution in [0.2, 0.25) is 0 Å². The summed E-state index contributed by atoms with van der Waals surface area (Å²) in [4.78, 5) is 0. The second-order valence-corrected chi connectivity index (χ2v) is 2.81. The van der Waals surface area contributed by atoms with Crippen LogP contribution in [0.15, 0.2) is 0 Å². The maximum absolute atomic E-state index is 9.26. The second kappa shape index (κ2) is 3.73. The molecule has 0 aromatic heterocycles. The Morgan fingerprint density at radius 2 is 2.09 bits per heavy atom. The normalized spacial score (nSPS) is 44.7. The predicted molar refractivity (Wildman–Crippen MR) is 41.5 cm³/mol. The first kappa shape index (κ1) is 9.28. The molecule has 4 atom stereocenters. The van der Waals surface area contributed by atoms with Crippen LogP contribution in [0.4, 0.5) is 0 Å². The van der Waals surface area contributed by atoms with Crippen LogP contribution in [0.5, 0.6) is 0 Å². The summed E-state index contributed by atoms with van der Waals surface area (Å²) in [7, 11) is 1.42. The van der Waals surface area contributed by atoms with Crippen LogP contribution in [-0.4, -0.2) is 47.7 Å². The monoisotopic (exact) mass is 180 g/mol. The third kappa shape index (κ3) is 1.68. The molecule has 0 aromatic carbocycles. The summed E-state index contributed by atoms with van der Waals surface area (Å²) in [6.45, 7) is 0. The number of hydrogen-bond donors (Lipinski definition) is 3. The van der Waals surface area contributed by atoms with E-state index in [2.05, 4.69) is 12.6 Å². The largest absolute Gasteiger partial charge is 0.387 e. The minimum absolute atomic E-state index is 0.373. The lowest BCUT2D eigenvalue weighted by atomic mass is 10.2. The number of hydrogen-bond acceptors (Lipinski definition) is 5. The molecule has 1 saturated heterocycles. The highest BCUT2D eigenvalue weighted by atomic mass is 32.1. The summed E-state index contributed by atoms with van der Waals surface area (Å²) in [5, 5.41) is 18.5.